The number of ketones is 1. The van der Waals surface area contributed by atoms with E-state index in [4.69, 9.17) is 16.3 Å². The molecule has 0 N–H and O–H groups in total. The number of ether oxygens (including phenoxy) is 1. The van der Waals surface area contributed by atoms with Gasteiger partial charge in [0.1, 0.15) is 0 Å². The number of carbonyl (C=O) groups is 1. The third-order valence-corrected chi connectivity index (χ3v) is 4.61. The highest BCUT2D eigenvalue weighted by Gasteiger charge is 2.60. The first-order valence-corrected chi connectivity index (χ1v) is 7.11. The lowest BCUT2D eigenvalue weighted by molar-refractivity contribution is 0.0825. The predicted octanol–water partition coefficient (Wildman–Crippen LogP) is 3.63. The average molecular weight is 285 g/mol. The van der Waals surface area contributed by atoms with Gasteiger partial charge in [-0.3, -0.25) is 4.79 Å². The molecule has 1 aliphatic heterocycles. The van der Waals surface area contributed by atoms with Gasteiger partial charge in [0.15, 0.2) is 11.4 Å². The number of epoxide rings is 1. The van der Waals surface area contributed by atoms with E-state index in [1.54, 1.807) is 0 Å². The lowest BCUT2D eigenvalue weighted by Gasteiger charge is -2.30. The molecule has 4 rings (SSSR count). The maximum atomic E-state index is 12.7. The predicted molar refractivity (Wildman–Crippen MR) is 77.4 cm³/mol. The van der Waals surface area contributed by atoms with Crippen molar-refractivity contribution in [1.82, 2.24) is 0 Å². The highest BCUT2D eigenvalue weighted by atomic mass is 35.5. The van der Waals surface area contributed by atoms with Gasteiger partial charge in [0.05, 0.1) is 6.61 Å². The zero-order chi connectivity index (χ0) is 13.7. The standard InChI is InChI=1S/C17H13ClO2/c18-13-7-5-11(6-8-13)15-9-12-3-1-2-4-14(12)16(19)17(15)10-20-17/h1-8,15H,9-10H2. The second kappa shape index (κ2) is 4.18. The summed E-state index contributed by atoms with van der Waals surface area (Å²) in [6.07, 6.45) is 0.837. The molecule has 20 heavy (non-hydrogen) atoms. The van der Waals surface area contributed by atoms with Crippen molar-refractivity contribution >= 4 is 17.4 Å². The second-order valence-corrected chi connectivity index (χ2v) is 5.91. The molecule has 3 heteroatoms. The maximum Gasteiger partial charge on any atom is 0.197 e. The van der Waals surface area contributed by atoms with Gasteiger partial charge in [-0.15, -0.1) is 0 Å². The van der Waals surface area contributed by atoms with Gasteiger partial charge in [0.25, 0.3) is 0 Å². The lowest BCUT2D eigenvalue weighted by atomic mass is 9.72. The van der Waals surface area contributed by atoms with E-state index in [0.29, 0.717) is 11.6 Å². The van der Waals surface area contributed by atoms with E-state index in [2.05, 4.69) is 0 Å². The molecule has 0 aromatic heterocycles. The minimum Gasteiger partial charge on any atom is -0.360 e. The Hall–Kier alpha value is -1.64. The summed E-state index contributed by atoms with van der Waals surface area (Å²) in [6.45, 7) is 0.521. The van der Waals surface area contributed by atoms with Crippen molar-refractivity contribution in [2.24, 2.45) is 0 Å². The molecule has 1 fully saturated rings. The third kappa shape index (κ3) is 1.65. The van der Waals surface area contributed by atoms with E-state index in [-0.39, 0.29) is 11.7 Å². The zero-order valence-corrected chi connectivity index (χ0v) is 11.6. The number of fused-ring (bicyclic) bond motifs is 1. The highest BCUT2D eigenvalue weighted by molar-refractivity contribution is 6.30. The van der Waals surface area contributed by atoms with Gasteiger partial charge in [-0.2, -0.15) is 0 Å². The molecule has 1 saturated heterocycles. The number of hydrogen-bond donors (Lipinski definition) is 0. The fourth-order valence-corrected chi connectivity index (χ4v) is 3.31. The number of benzene rings is 2. The Morgan fingerprint density at radius 3 is 2.50 bits per heavy atom. The lowest BCUT2D eigenvalue weighted by Crippen LogP contribution is -2.38. The summed E-state index contributed by atoms with van der Waals surface area (Å²) in [5, 5.41) is 0.710. The van der Waals surface area contributed by atoms with Crippen molar-refractivity contribution in [2.75, 3.05) is 6.61 Å². The van der Waals surface area contributed by atoms with Crippen LogP contribution in [0.1, 0.15) is 27.4 Å². The molecule has 2 aliphatic rings. The highest BCUT2D eigenvalue weighted by Crippen LogP contribution is 2.49. The van der Waals surface area contributed by atoms with Crippen LogP contribution in [-0.2, 0) is 11.2 Å². The van der Waals surface area contributed by atoms with Crippen LogP contribution in [0.25, 0.3) is 0 Å². The summed E-state index contributed by atoms with van der Waals surface area (Å²) in [6, 6.07) is 15.6. The molecule has 100 valence electrons. The topological polar surface area (TPSA) is 29.6 Å². The Morgan fingerprint density at radius 2 is 1.80 bits per heavy atom. The number of Topliss-reactive ketones (excluding diaryl/α,β-unsaturated/α-hetero) is 1. The molecular formula is C17H13ClO2. The minimum atomic E-state index is -0.637. The van der Waals surface area contributed by atoms with Crippen molar-refractivity contribution in [2.45, 2.75) is 17.9 Å². The molecule has 2 unspecified atom stereocenters. The van der Waals surface area contributed by atoms with Crippen LogP contribution in [0.2, 0.25) is 5.02 Å². The Kier molecular flexibility index (Phi) is 2.53. The Morgan fingerprint density at radius 1 is 1.10 bits per heavy atom. The quantitative estimate of drug-likeness (QED) is 0.749. The minimum absolute atomic E-state index is 0.0853. The van der Waals surface area contributed by atoms with Crippen LogP contribution in [0, 0.1) is 0 Å². The molecular weight excluding hydrogens is 272 g/mol. The first-order valence-electron chi connectivity index (χ1n) is 6.73. The number of rotatable bonds is 1. The van der Waals surface area contributed by atoms with E-state index < -0.39 is 5.60 Å². The Balaban J connectivity index is 1.82. The van der Waals surface area contributed by atoms with Crippen molar-refractivity contribution in [3.63, 3.8) is 0 Å². The van der Waals surface area contributed by atoms with Crippen molar-refractivity contribution in [1.29, 1.82) is 0 Å². The van der Waals surface area contributed by atoms with E-state index in [1.807, 2.05) is 48.5 Å². The van der Waals surface area contributed by atoms with Crippen molar-refractivity contribution in [3.8, 4) is 0 Å². The van der Waals surface area contributed by atoms with Crippen LogP contribution in [0.3, 0.4) is 0 Å². The third-order valence-electron chi connectivity index (χ3n) is 4.36. The van der Waals surface area contributed by atoms with E-state index in [9.17, 15) is 4.79 Å². The Labute approximate surface area is 122 Å². The molecule has 0 saturated carbocycles. The number of carbonyl (C=O) groups excluding carboxylic acids is 1. The first kappa shape index (κ1) is 12.1. The first-order chi connectivity index (χ1) is 9.71. The van der Waals surface area contributed by atoms with Crippen LogP contribution in [0.15, 0.2) is 48.5 Å². The summed E-state index contributed by atoms with van der Waals surface area (Å²) >= 11 is 5.95. The fraction of sp³-hybridized carbons (Fsp3) is 0.235. The van der Waals surface area contributed by atoms with Gasteiger partial charge < -0.3 is 4.74 Å². The van der Waals surface area contributed by atoms with E-state index in [0.717, 1.165) is 23.1 Å². The fourth-order valence-electron chi connectivity index (χ4n) is 3.18. The van der Waals surface area contributed by atoms with Crippen LogP contribution >= 0.6 is 11.6 Å². The molecule has 1 aliphatic carbocycles. The molecule has 0 bridgehead atoms. The molecule has 1 heterocycles. The van der Waals surface area contributed by atoms with Crippen LogP contribution in [-0.4, -0.2) is 18.0 Å². The molecule has 2 nitrogen and oxygen atoms in total. The summed E-state index contributed by atoms with van der Waals surface area (Å²) in [5.74, 6) is 0.210. The van der Waals surface area contributed by atoms with Crippen molar-refractivity contribution in [3.05, 3.63) is 70.2 Å². The van der Waals surface area contributed by atoms with Crippen LogP contribution < -0.4 is 0 Å². The monoisotopic (exact) mass is 284 g/mol. The van der Waals surface area contributed by atoms with E-state index in [1.165, 1.54) is 0 Å². The summed E-state index contributed by atoms with van der Waals surface area (Å²) in [7, 11) is 0. The summed E-state index contributed by atoms with van der Waals surface area (Å²) in [4.78, 5) is 12.7. The number of hydrogen-bond acceptors (Lipinski definition) is 2. The molecule has 0 radical (unpaired) electrons. The SMILES string of the molecule is O=C1c2ccccc2CC(c2ccc(Cl)cc2)C12CO2. The van der Waals surface area contributed by atoms with Gasteiger partial charge >= 0.3 is 0 Å². The molecule has 2 aromatic carbocycles. The molecule has 2 aromatic rings. The summed E-state index contributed by atoms with van der Waals surface area (Å²) < 4.78 is 5.62. The van der Waals surface area contributed by atoms with E-state index >= 15 is 0 Å². The van der Waals surface area contributed by atoms with Gasteiger partial charge in [-0.05, 0) is 29.7 Å². The normalized spacial score (nSPS) is 27.4. The summed E-state index contributed by atoms with van der Waals surface area (Å²) in [5.41, 5.74) is 2.41. The van der Waals surface area contributed by atoms with Gasteiger partial charge in [0.2, 0.25) is 0 Å². The van der Waals surface area contributed by atoms with Gasteiger partial charge in [0, 0.05) is 16.5 Å². The number of halogens is 1. The zero-order valence-electron chi connectivity index (χ0n) is 10.8. The molecule has 1 spiro atoms. The maximum absolute atomic E-state index is 12.7. The average Bonchev–Trinajstić information content (AvgIpc) is 3.26. The molecule has 0 amide bonds. The largest absolute Gasteiger partial charge is 0.360 e. The smallest absolute Gasteiger partial charge is 0.197 e. The van der Waals surface area contributed by atoms with Gasteiger partial charge in [-0.25, -0.2) is 0 Å². The Bertz CT molecular complexity index is 686. The molecule has 2 atom stereocenters. The second-order valence-electron chi connectivity index (χ2n) is 5.47. The van der Waals surface area contributed by atoms with Crippen LogP contribution in [0.5, 0.6) is 0 Å². The van der Waals surface area contributed by atoms with Crippen molar-refractivity contribution < 1.29 is 9.53 Å². The van der Waals surface area contributed by atoms with Gasteiger partial charge in [-0.1, -0.05) is 48.0 Å². The van der Waals surface area contributed by atoms with Crippen LogP contribution in [0.4, 0.5) is 0 Å².